The Kier molecular flexibility index (Phi) is 2.32. The number of allylic oxidation sites excluding steroid dienone is 1. The van der Waals surface area contributed by atoms with Crippen LogP contribution in [0.3, 0.4) is 0 Å². The van der Waals surface area contributed by atoms with Crippen LogP contribution in [0, 0.1) is 0 Å². The molecule has 9 heavy (non-hydrogen) atoms. The Morgan fingerprint density at radius 2 is 2.00 bits per heavy atom. The molecule has 0 saturated heterocycles. The lowest BCUT2D eigenvalue weighted by Gasteiger charge is -2.03. The van der Waals surface area contributed by atoms with Crippen LogP contribution in [0.5, 0.6) is 0 Å². The minimum atomic E-state index is -3.79. The van der Waals surface area contributed by atoms with Crippen LogP contribution in [0.2, 0.25) is 0 Å². The zero-order valence-corrected chi connectivity index (χ0v) is 5.51. The van der Waals surface area contributed by atoms with Gasteiger partial charge in [-0.25, -0.2) is 0 Å². The first kappa shape index (κ1) is 8.56. The molecule has 0 aliphatic rings. The summed E-state index contributed by atoms with van der Waals surface area (Å²) in [5.41, 5.74) is -0.241. The largest absolute Gasteiger partial charge is 0.384 e. The number of hydrogen-bond donors (Lipinski definition) is 0. The van der Waals surface area contributed by atoms with Crippen molar-refractivity contribution >= 4 is 17.4 Å². The predicted octanol–water partition coefficient (Wildman–Crippen LogP) is 1.96. The quantitative estimate of drug-likeness (QED) is 0.439. The highest BCUT2D eigenvalue weighted by Gasteiger charge is 2.35. The Labute approximate surface area is 56.3 Å². The Morgan fingerprint density at radius 3 is 2.00 bits per heavy atom. The van der Waals surface area contributed by atoms with Gasteiger partial charge < -0.3 is 0 Å². The van der Waals surface area contributed by atoms with E-state index in [1.165, 1.54) is 6.92 Å². The van der Waals surface area contributed by atoms with Crippen molar-refractivity contribution in [2.45, 2.75) is 12.3 Å². The zero-order valence-electron chi connectivity index (χ0n) is 4.75. The van der Waals surface area contributed by atoms with Crippen LogP contribution in [0.4, 0.5) is 8.78 Å². The molecule has 4 heteroatoms. The average Bonchev–Trinajstić information content (AvgIpc) is 1.62. The van der Waals surface area contributed by atoms with E-state index in [1.54, 1.807) is 0 Å². The van der Waals surface area contributed by atoms with Crippen LogP contribution in [0.1, 0.15) is 6.92 Å². The number of ketones is 1. The van der Waals surface area contributed by atoms with Crippen molar-refractivity contribution in [3.05, 3.63) is 12.2 Å². The van der Waals surface area contributed by atoms with Gasteiger partial charge in [0, 0.05) is 0 Å². The van der Waals surface area contributed by atoms with E-state index in [1.807, 2.05) is 0 Å². The number of Topliss-reactive ketones (excluding diaryl/α,β-unsaturated/α-hetero) is 1. The number of rotatable bonds is 2. The molecule has 0 atom stereocenters. The highest BCUT2D eigenvalue weighted by molar-refractivity contribution is 6.35. The molecule has 52 valence electrons. The third-order valence-electron chi connectivity index (χ3n) is 0.645. The Hall–Kier alpha value is -0.440. The van der Waals surface area contributed by atoms with E-state index in [9.17, 15) is 13.6 Å². The molecular weight excluding hydrogens is 150 g/mol. The van der Waals surface area contributed by atoms with E-state index in [-0.39, 0.29) is 5.57 Å². The van der Waals surface area contributed by atoms with Crippen LogP contribution in [-0.4, -0.2) is 11.2 Å². The summed E-state index contributed by atoms with van der Waals surface area (Å²) >= 11 is 4.33. The van der Waals surface area contributed by atoms with E-state index in [0.29, 0.717) is 0 Å². The fourth-order valence-electron chi connectivity index (χ4n) is 0.242. The summed E-state index contributed by atoms with van der Waals surface area (Å²) in [6.45, 7) is 4.19. The van der Waals surface area contributed by atoms with E-state index < -0.39 is 11.2 Å². The molecule has 0 aromatic heterocycles. The lowest BCUT2D eigenvalue weighted by Crippen LogP contribution is -2.21. The molecule has 0 radical (unpaired) electrons. The standard InChI is InChI=1S/C5H5ClF2O/c1-3(2)4(9)5(6,7)8/h1H2,2H3. The van der Waals surface area contributed by atoms with E-state index in [0.717, 1.165) is 0 Å². The number of hydrogen-bond acceptors (Lipinski definition) is 1. The summed E-state index contributed by atoms with van der Waals surface area (Å²) in [4.78, 5) is 10.2. The van der Waals surface area contributed by atoms with E-state index in [4.69, 9.17) is 0 Å². The molecule has 1 nitrogen and oxygen atoms in total. The van der Waals surface area contributed by atoms with Gasteiger partial charge in [-0.05, 0) is 24.1 Å². The van der Waals surface area contributed by atoms with Gasteiger partial charge in [-0.1, -0.05) is 6.58 Å². The van der Waals surface area contributed by atoms with E-state index in [2.05, 4.69) is 18.2 Å². The maximum Gasteiger partial charge on any atom is 0.384 e. The number of carbonyl (C=O) groups is 1. The Bertz CT molecular complexity index is 148. The summed E-state index contributed by atoms with van der Waals surface area (Å²) in [6.07, 6.45) is 0. The lowest BCUT2D eigenvalue weighted by atomic mass is 10.2. The van der Waals surface area contributed by atoms with Crippen molar-refractivity contribution in [1.82, 2.24) is 0 Å². The van der Waals surface area contributed by atoms with Gasteiger partial charge in [0.05, 0.1) is 0 Å². The summed E-state index contributed by atoms with van der Waals surface area (Å²) in [7, 11) is 0. The molecule has 0 heterocycles. The fraction of sp³-hybridized carbons (Fsp3) is 0.400. The molecule has 0 aromatic rings. The van der Waals surface area contributed by atoms with Crippen LogP contribution in [-0.2, 0) is 4.79 Å². The molecule has 0 amide bonds. The summed E-state index contributed by atoms with van der Waals surface area (Å²) < 4.78 is 23.4. The van der Waals surface area contributed by atoms with E-state index >= 15 is 0 Å². The molecule has 0 aliphatic heterocycles. The van der Waals surface area contributed by atoms with Crippen LogP contribution >= 0.6 is 11.6 Å². The molecule has 0 aromatic carbocycles. The second-order valence-corrected chi connectivity index (χ2v) is 2.08. The molecule has 0 unspecified atom stereocenters. The van der Waals surface area contributed by atoms with Gasteiger partial charge >= 0.3 is 5.38 Å². The van der Waals surface area contributed by atoms with Gasteiger partial charge in [-0.2, -0.15) is 8.78 Å². The van der Waals surface area contributed by atoms with Crippen LogP contribution in [0.15, 0.2) is 12.2 Å². The Balaban J connectivity index is 4.23. The lowest BCUT2D eigenvalue weighted by molar-refractivity contribution is -0.129. The van der Waals surface area contributed by atoms with Gasteiger partial charge in [0.2, 0.25) is 5.78 Å². The average molecular weight is 155 g/mol. The molecule has 0 spiro atoms. The third-order valence-corrected chi connectivity index (χ3v) is 0.817. The van der Waals surface area contributed by atoms with Gasteiger partial charge in [-0.15, -0.1) is 0 Å². The van der Waals surface area contributed by atoms with Crippen LogP contribution < -0.4 is 0 Å². The molecule has 0 saturated carbocycles. The van der Waals surface area contributed by atoms with Crippen molar-refractivity contribution in [1.29, 1.82) is 0 Å². The maximum atomic E-state index is 11.7. The van der Waals surface area contributed by atoms with Crippen molar-refractivity contribution in [3.63, 3.8) is 0 Å². The highest BCUT2D eigenvalue weighted by atomic mass is 35.5. The second-order valence-electron chi connectivity index (χ2n) is 1.61. The number of halogens is 3. The third kappa shape index (κ3) is 2.56. The van der Waals surface area contributed by atoms with Crippen molar-refractivity contribution in [2.75, 3.05) is 0 Å². The summed E-state index contributed by atoms with van der Waals surface area (Å²) in [6, 6.07) is 0. The maximum absolute atomic E-state index is 11.7. The second kappa shape index (κ2) is 2.43. The zero-order chi connectivity index (χ0) is 7.65. The summed E-state index contributed by atoms with van der Waals surface area (Å²) in [5, 5.41) is -3.79. The minimum absolute atomic E-state index is 0.241. The molecule has 0 aliphatic carbocycles. The number of alkyl halides is 3. The molecular formula is C5H5ClF2O. The highest BCUT2D eigenvalue weighted by Crippen LogP contribution is 2.22. The normalized spacial score (nSPS) is 11.1. The fourth-order valence-corrected chi connectivity index (χ4v) is 0.403. The molecule has 0 bridgehead atoms. The number of carbonyl (C=O) groups excluding carboxylic acids is 1. The summed E-state index contributed by atoms with van der Waals surface area (Å²) in [5.74, 6) is -1.43. The Morgan fingerprint density at radius 1 is 1.67 bits per heavy atom. The molecule has 0 fully saturated rings. The first-order valence-electron chi connectivity index (χ1n) is 2.12. The topological polar surface area (TPSA) is 17.1 Å². The van der Waals surface area contributed by atoms with Crippen molar-refractivity contribution in [3.8, 4) is 0 Å². The first-order chi connectivity index (χ1) is 3.85. The van der Waals surface area contributed by atoms with Gasteiger partial charge in [0.15, 0.2) is 0 Å². The first-order valence-corrected chi connectivity index (χ1v) is 2.50. The molecule has 0 rings (SSSR count). The van der Waals surface area contributed by atoms with Gasteiger partial charge in [0.25, 0.3) is 0 Å². The minimum Gasteiger partial charge on any atom is -0.286 e. The van der Waals surface area contributed by atoms with Crippen molar-refractivity contribution < 1.29 is 13.6 Å². The van der Waals surface area contributed by atoms with Crippen molar-refractivity contribution in [2.24, 2.45) is 0 Å². The SMILES string of the molecule is C=C(C)C(=O)C(F)(F)Cl. The smallest absolute Gasteiger partial charge is 0.286 e. The predicted molar refractivity (Wildman–Crippen MR) is 30.6 cm³/mol. The monoisotopic (exact) mass is 154 g/mol. The van der Waals surface area contributed by atoms with Gasteiger partial charge in [0.1, 0.15) is 0 Å². The van der Waals surface area contributed by atoms with Crippen LogP contribution in [0.25, 0.3) is 0 Å². The molecule has 0 N–H and O–H groups in total. The van der Waals surface area contributed by atoms with Gasteiger partial charge in [-0.3, -0.25) is 4.79 Å².